The lowest BCUT2D eigenvalue weighted by atomic mass is 9.94. The van der Waals surface area contributed by atoms with Crippen LogP contribution in [0, 0.1) is 11.8 Å². The van der Waals surface area contributed by atoms with Gasteiger partial charge < -0.3 is 15.5 Å². The Balaban J connectivity index is 2.38. The number of likely N-dealkylation sites (N-methyl/N-ethyl adjacent to an activating group) is 1. The van der Waals surface area contributed by atoms with Crippen molar-refractivity contribution in [2.75, 3.05) is 7.05 Å². The normalized spacial score (nSPS) is 16.9. The first-order chi connectivity index (χ1) is 11.5. The molecule has 0 aliphatic carbocycles. The van der Waals surface area contributed by atoms with Crippen molar-refractivity contribution in [3.63, 3.8) is 0 Å². The average Bonchev–Trinajstić information content (AvgIpc) is 2.57. The first-order valence-corrected chi connectivity index (χ1v) is 9.26. The SMILES string of the molecule is CC[C@@H](C)C[C@@H](C)/C=C/CC[C@H](O)[C@H](Cc1ccc(O)cc1)NC. The molecule has 0 bridgehead atoms. The Hall–Kier alpha value is -1.32. The minimum atomic E-state index is -0.377. The smallest absolute Gasteiger partial charge is 0.115 e. The van der Waals surface area contributed by atoms with Crippen LogP contribution in [-0.2, 0) is 6.42 Å². The van der Waals surface area contributed by atoms with Gasteiger partial charge in [-0.1, -0.05) is 51.5 Å². The molecule has 1 rings (SSSR count). The Kier molecular flexibility index (Phi) is 9.73. The van der Waals surface area contributed by atoms with E-state index in [0.717, 1.165) is 30.7 Å². The molecule has 3 heteroatoms. The Labute approximate surface area is 147 Å². The second-order valence-corrected chi connectivity index (χ2v) is 7.06. The molecule has 0 saturated heterocycles. The van der Waals surface area contributed by atoms with E-state index in [-0.39, 0.29) is 17.9 Å². The van der Waals surface area contributed by atoms with E-state index in [1.807, 2.05) is 19.2 Å². The first kappa shape index (κ1) is 20.7. The van der Waals surface area contributed by atoms with Gasteiger partial charge in [-0.3, -0.25) is 0 Å². The van der Waals surface area contributed by atoms with Gasteiger partial charge in [0, 0.05) is 6.04 Å². The predicted octanol–water partition coefficient (Wildman–Crippen LogP) is 4.29. The summed E-state index contributed by atoms with van der Waals surface area (Å²) in [7, 11) is 1.89. The highest BCUT2D eigenvalue weighted by molar-refractivity contribution is 5.26. The molecule has 0 spiro atoms. The van der Waals surface area contributed by atoms with Gasteiger partial charge in [-0.2, -0.15) is 0 Å². The lowest BCUT2D eigenvalue weighted by Crippen LogP contribution is -2.39. The third-order valence-corrected chi connectivity index (χ3v) is 4.79. The van der Waals surface area contributed by atoms with Crippen molar-refractivity contribution in [1.29, 1.82) is 0 Å². The van der Waals surface area contributed by atoms with E-state index in [0.29, 0.717) is 5.92 Å². The summed E-state index contributed by atoms with van der Waals surface area (Å²) >= 11 is 0. The molecule has 3 N–H and O–H groups in total. The van der Waals surface area contributed by atoms with Crippen molar-refractivity contribution < 1.29 is 10.2 Å². The molecular formula is C21H35NO2. The third kappa shape index (κ3) is 7.98. The van der Waals surface area contributed by atoms with Gasteiger partial charge in [-0.25, -0.2) is 0 Å². The van der Waals surface area contributed by atoms with Crippen molar-refractivity contribution in [1.82, 2.24) is 5.32 Å². The summed E-state index contributed by atoms with van der Waals surface area (Å²) < 4.78 is 0. The molecule has 1 aromatic rings. The van der Waals surface area contributed by atoms with Crippen LogP contribution in [-0.4, -0.2) is 29.4 Å². The van der Waals surface area contributed by atoms with Crippen LogP contribution in [0.25, 0.3) is 0 Å². The van der Waals surface area contributed by atoms with E-state index in [2.05, 4.69) is 38.2 Å². The molecule has 24 heavy (non-hydrogen) atoms. The van der Waals surface area contributed by atoms with E-state index in [4.69, 9.17) is 0 Å². The monoisotopic (exact) mass is 333 g/mol. The standard InChI is InChI=1S/C21H35NO2/c1-5-16(2)14-17(3)8-6-7-9-21(24)20(22-4)15-18-10-12-19(23)13-11-18/h6,8,10-13,16-17,20-24H,5,7,9,14-15H2,1-4H3/b8-6+/t16-,17+,20+,21+/m1/s1. The fourth-order valence-corrected chi connectivity index (χ4v) is 2.99. The van der Waals surface area contributed by atoms with Gasteiger partial charge in [0.15, 0.2) is 0 Å². The number of allylic oxidation sites excluding steroid dienone is 2. The number of benzene rings is 1. The molecule has 0 aliphatic heterocycles. The van der Waals surface area contributed by atoms with Crippen molar-refractivity contribution in [3.8, 4) is 5.75 Å². The molecule has 0 heterocycles. The highest BCUT2D eigenvalue weighted by Crippen LogP contribution is 2.17. The van der Waals surface area contributed by atoms with Gasteiger partial charge in [-0.15, -0.1) is 0 Å². The van der Waals surface area contributed by atoms with Crippen molar-refractivity contribution in [3.05, 3.63) is 42.0 Å². The second kappa shape index (κ2) is 11.3. The fourth-order valence-electron chi connectivity index (χ4n) is 2.99. The van der Waals surface area contributed by atoms with Crippen molar-refractivity contribution in [2.45, 2.75) is 65.0 Å². The summed E-state index contributed by atoms with van der Waals surface area (Å²) in [4.78, 5) is 0. The van der Waals surface area contributed by atoms with Crippen LogP contribution in [0.4, 0.5) is 0 Å². The minimum absolute atomic E-state index is 0.0282. The molecule has 0 radical (unpaired) electrons. The van der Waals surface area contributed by atoms with E-state index < -0.39 is 0 Å². The first-order valence-electron chi connectivity index (χ1n) is 9.26. The van der Waals surface area contributed by atoms with E-state index in [9.17, 15) is 10.2 Å². The summed E-state index contributed by atoms with van der Waals surface area (Å²) in [6, 6.07) is 7.22. The lowest BCUT2D eigenvalue weighted by molar-refractivity contribution is 0.122. The Morgan fingerprint density at radius 2 is 1.83 bits per heavy atom. The van der Waals surface area contributed by atoms with E-state index in [1.165, 1.54) is 12.8 Å². The zero-order chi connectivity index (χ0) is 17.9. The molecule has 0 aliphatic rings. The third-order valence-electron chi connectivity index (χ3n) is 4.79. The zero-order valence-corrected chi connectivity index (χ0v) is 15.7. The van der Waals surface area contributed by atoms with Crippen molar-refractivity contribution >= 4 is 0 Å². The summed E-state index contributed by atoms with van der Waals surface area (Å²) in [5.74, 6) is 1.65. The van der Waals surface area contributed by atoms with Crippen LogP contribution < -0.4 is 5.32 Å². The zero-order valence-electron chi connectivity index (χ0n) is 15.7. The largest absolute Gasteiger partial charge is 0.508 e. The molecular weight excluding hydrogens is 298 g/mol. The summed E-state index contributed by atoms with van der Waals surface area (Å²) in [5, 5.41) is 23.0. The Morgan fingerprint density at radius 1 is 1.17 bits per heavy atom. The molecule has 136 valence electrons. The highest BCUT2D eigenvalue weighted by atomic mass is 16.3. The average molecular weight is 334 g/mol. The Bertz CT molecular complexity index is 469. The van der Waals surface area contributed by atoms with Crippen LogP contribution in [0.2, 0.25) is 0 Å². The van der Waals surface area contributed by atoms with Gasteiger partial charge in [0.2, 0.25) is 0 Å². The number of hydrogen-bond acceptors (Lipinski definition) is 3. The molecule has 0 unspecified atom stereocenters. The summed E-state index contributed by atoms with van der Waals surface area (Å²) in [6.45, 7) is 6.80. The molecule has 0 aromatic heterocycles. The number of aromatic hydroxyl groups is 1. The van der Waals surface area contributed by atoms with Gasteiger partial charge >= 0.3 is 0 Å². The van der Waals surface area contributed by atoms with Crippen LogP contribution in [0.3, 0.4) is 0 Å². The molecule has 0 saturated carbocycles. The topological polar surface area (TPSA) is 52.5 Å². The number of aliphatic hydroxyl groups is 1. The quantitative estimate of drug-likeness (QED) is 0.529. The van der Waals surface area contributed by atoms with Gasteiger partial charge in [-0.05, 0) is 62.3 Å². The highest BCUT2D eigenvalue weighted by Gasteiger charge is 2.17. The van der Waals surface area contributed by atoms with Gasteiger partial charge in [0.1, 0.15) is 5.75 Å². The maximum absolute atomic E-state index is 10.4. The number of phenolic OH excluding ortho intramolecular Hbond substituents is 1. The molecule has 3 nitrogen and oxygen atoms in total. The maximum atomic E-state index is 10.4. The Morgan fingerprint density at radius 3 is 2.42 bits per heavy atom. The number of rotatable bonds is 11. The maximum Gasteiger partial charge on any atom is 0.115 e. The molecule has 1 aromatic carbocycles. The molecule has 0 amide bonds. The van der Waals surface area contributed by atoms with Crippen LogP contribution >= 0.6 is 0 Å². The predicted molar refractivity (Wildman–Crippen MR) is 102 cm³/mol. The van der Waals surface area contributed by atoms with Crippen LogP contribution in [0.15, 0.2) is 36.4 Å². The molecule has 0 fully saturated rings. The second-order valence-electron chi connectivity index (χ2n) is 7.06. The lowest BCUT2D eigenvalue weighted by Gasteiger charge is -2.22. The number of phenols is 1. The minimum Gasteiger partial charge on any atom is -0.508 e. The van der Waals surface area contributed by atoms with Crippen LogP contribution in [0.5, 0.6) is 5.75 Å². The van der Waals surface area contributed by atoms with E-state index in [1.54, 1.807) is 12.1 Å². The van der Waals surface area contributed by atoms with Gasteiger partial charge in [0.25, 0.3) is 0 Å². The van der Waals surface area contributed by atoms with Gasteiger partial charge in [0.05, 0.1) is 6.10 Å². The number of aliphatic hydroxyl groups excluding tert-OH is 1. The van der Waals surface area contributed by atoms with E-state index >= 15 is 0 Å². The van der Waals surface area contributed by atoms with Crippen LogP contribution in [0.1, 0.15) is 52.0 Å². The summed E-state index contributed by atoms with van der Waals surface area (Å²) in [5.41, 5.74) is 1.11. The number of nitrogens with one attached hydrogen (secondary N) is 1. The molecule has 4 atom stereocenters. The van der Waals surface area contributed by atoms with Crippen molar-refractivity contribution in [2.24, 2.45) is 11.8 Å². The number of hydrogen-bond donors (Lipinski definition) is 3. The summed E-state index contributed by atoms with van der Waals surface area (Å²) in [6.07, 6.45) is 9.00. The fraction of sp³-hybridized carbons (Fsp3) is 0.619.